The van der Waals surface area contributed by atoms with Crippen LogP contribution < -0.4 is 5.32 Å². The van der Waals surface area contributed by atoms with Gasteiger partial charge in [-0.1, -0.05) is 0 Å². The Morgan fingerprint density at radius 2 is 2.24 bits per heavy atom. The van der Waals surface area contributed by atoms with Crippen molar-refractivity contribution in [2.45, 2.75) is 26.1 Å². The second-order valence-corrected chi connectivity index (χ2v) is 5.23. The fraction of sp³-hybridized carbons (Fsp3) is 0.571. The summed E-state index contributed by atoms with van der Waals surface area (Å²) in [5, 5.41) is 7.83. The van der Waals surface area contributed by atoms with Crippen LogP contribution in [0.3, 0.4) is 0 Å². The van der Waals surface area contributed by atoms with Crippen molar-refractivity contribution in [3.05, 3.63) is 36.2 Å². The predicted molar refractivity (Wildman–Crippen MR) is 84.4 cm³/mol. The largest absolute Gasteiger partial charge is 0.337 e. The summed E-state index contributed by atoms with van der Waals surface area (Å²) in [6.45, 7) is 6.98. The first kappa shape index (κ1) is 16.0. The molecule has 2 aromatic heterocycles. The van der Waals surface area contributed by atoms with Crippen LogP contribution in [-0.4, -0.2) is 43.9 Å². The number of aryl methyl sites for hydroxylation is 2. The number of nitrogens with one attached hydrogen (secondary N) is 1. The van der Waals surface area contributed by atoms with E-state index in [-0.39, 0.29) is 12.4 Å². The zero-order chi connectivity index (χ0) is 13.9. The van der Waals surface area contributed by atoms with Crippen molar-refractivity contribution in [3.63, 3.8) is 0 Å². The molecule has 1 saturated heterocycles. The van der Waals surface area contributed by atoms with Gasteiger partial charge in [0, 0.05) is 58.4 Å². The van der Waals surface area contributed by atoms with Gasteiger partial charge in [-0.05, 0) is 13.0 Å². The minimum absolute atomic E-state index is 0. The summed E-state index contributed by atoms with van der Waals surface area (Å²) >= 11 is 0. The van der Waals surface area contributed by atoms with E-state index in [1.807, 2.05) is 18.6 Å². The highest BCUT2D eigenvalue weighted by molar-refractivity contribution is 5.85. The molecule has 7 heteroatoms. The number of imidazole rings is 1. The molecule has 0 aromatic carbocycles. The fourth-order valence-corrected chi connectivity index (χ4v) is 2.88. The van der Waals surface area contributed by atoms with Gasteiger partial charge in [0.05, 0.1) is 11.7 Å². The Bertz CT molecular complexity index is 563. The van der Waals surface area contributed by atoms with Crippen LogP contribution in [0, 0.1) is 0 Å². The summed E-state index contributed by atoms with van der Waals surface area (Å²) in [5.41, 5.74) is 1.27. The maximum atomic E-state index is 4.52. The van der Waals surface area contributed by atoms with Crippen LogP contribution in [0.25, 0.3) is 0 Å². The summed E-state index contributed by atoms with van der Waals surface area (Å²) in [4.78, 5) is 7.01. The molecule has 0 bridgehead atoms. The van der Waals surface area contributed by atoms with Gasteiger partial charge in [-0.25, -0.2) is 4.98 Å². The number of hydrogen-bond donors (Lipinski definition) is 1. The Hall–Kier alpha value is -1.37. The second-order valence-electron chi connectivity index (χ2n) is 5.23. The lowest BCUT2D eigenvalue weighted by Gasteiger charge is -2.35. The van der Waals surface area contributed by atoms with Gasteiger partial charge in [-0.2, -0.15) is 5.10 Å². The lowest BCUT2D eigenvalue weighted by atomic mass is 10.1. The minimum atomic E-state index is 0. The molecule has 0 amide bonds. The Balaban J connectivity index is 0.00000161. The molecule has 1 aliphatic heterocycles. The van der Waals surface area contributed by atoms with Crippen LogP contribution in [0.1, 0.15) is 24.5 Å². The quantitative estimate of drug-likeness (QED) is 0.922. The molecular weight excluding hydrogens is 288 g/mol. The number of piperazine rings is 1. The van der Waals surface area contributed by atoms with Crippen LogP contribution in [0.2, 0.25) is 0 Å². The maximum Gasteiger partial charge on any atom is 0.127 e. The molecule has 6 nitrogen and oxygen atoms in total. The third kappa shape index (κ3) is 3.28. The summed E-state index contributed by atoms with van der Waals surface area (Å²) in [5.74, 6) is 1.12. The van der Waals surface area contributed by atoms with Crippen LogP contribution >= 0.6 is 12.4 Å². The van der Waals surface area contributed by atoms with E-state index in [4.69, 9.17) is 0 Å². The van der Waals surface area contributed by atoms with Crippen LogP contribution in [0.4, 0.5) is 0 Å². The van der Waals surface area contributed by atoms with Gasteiger partial charge in [0.25, 0.3) is 0 Å². The molecule has 0 aliphatic carbocycles. The number of rotatable bonds is 4. The fourth-order valence-electron chi connectivity index (χ4n) is 2.88. The molecule has 2 aromatic rings. The van der Waals surface area contributed by atoms with E-state index in [1.165, 1.54) is 5.69 Å². The summed E-state index contributed by atoms with van der Waals surface area (Å²) in [6, 6.07) is 2.44. The van der Waals surface area contributed by atoms with Crippen LogP contribution in [0.15, 0.2) is 24.7 Å². The second kappa shape index (κ2) is 7.06. The van der Waals surface area contributed by atoms with Gasteiger partial charge >= 0.3 is 0 Å². The Morgan fingerprint density at radius 3 is 2.95 bits per heavy atom. The molecule has 0 spiro atoms. The molecule has 1 N–H and O–H groups in total. The van der Waals surface area contributed by atoms with Crippen molar-refractivity contribution in [1.82, 2.24) is 29.5 Å². The van der Waals surface area contributed by atoms with Gasteiger partial charge in [-0.15, -0.1) is 12.4 Å². The Labute approximate surface area is 131 Å². The normalized spacial score (nSPS) is 19.4. The molecule has 21 heavy (non-hydrogen) atoms. The molecule has 0 radical (unpaired) electrons. The molecule has 3 heterocycles. The molecule has 0 saturated carbocycles. The topological polar surface area (TPSA) is 50.9 Å². The van der Waals surface area contributed by atoms with Crippen LogP contribution in [0.5, 0.6) is 0 Å². The maximum absolute atomic E-state index is 4.52. The third-order valence-electron chi connectivity index (χ3n) is 3.98. The summed E-state index contributed by atoms with van der Waals surface area (Å²) < 4.78 is 4.18. The van der Waals surface area contributed by atoms with E-state index in [2.05, 4.69) is 49.6 Å². The van der Waals surface area contributed by atoms with E-state index < -0.39 is 0 Å². The van der Waals surface area contributed by atoms with Gasteiger partial charge in [0.1, 0.15) is 5.82 Å². The molecule has 3 rings (SSSR count). The molecular formula is C14H23ClN6. The zero-order valence-electron chi connectivity index (χ0n) is 12.6. The van der Waals surface area contributed by atoms with Crippen LogP contribution in [-0.2, 0) is 20.1 Å². The van der Waals surface area contributed by atoms with Gasteiger partial charge < -0.3 is 9.88 Å². The van der Waals surface area contributed by atoms with Gasteiger partial charge in [-0.3, -0.25) is 9.58 Å². The predicted octanol–water partition coefficient (Wildman–Crippen LogP) is 1.20. The Kier molecular flexibility index (Phi) is 5.39. The lowest BCUT2D eigenvalue weighted by Crippen LogP contribution is -2.46. The highest BCUT2D eigenvalue weighted by Gasteiger charge is 2.27. The monoisotopic (exact) mass is 310 g/mol. The van der Waals surface area contributed by atoms with E-state index in [9.17, 15) is 0 Å². The van der Waals surface area contributed by atoms with E-state index in [0.717, 1.165) is 38.5 Å². The molecule has 1 aliphatic rings. The molecule has 116 valence electrons. The first-order valence-electron chi connectivity index (χ1n) is 7.22. The first-order valence-corrected chi connectivity index (χ1v) is 7.22. The van der Waals surface area contributed by atoms with E-state index in [0.29, 0.717) is 6.04 Å². The summed E-state index contributed by atoms with van der Waals surface area (Å²) in [7, 11) is 2.06. The SMILES string of the molecule is CCn1nccc1CN1CCNCC1c1nccn1C.Cl. The van der Waals surface area contributed by atoms with Crippen molar-refractivity contribution in [2.24, 2.45) is 7.05 Å². The van der Waals surface area contributed by atoms with Crippen molar-refractivity contribution >= 4 is 12.4 Å². The molecule has 1 unspecified atom stereocenters. The lowest BCUT2D eigenvalue weighted by molar-refractivity contribution is 0.141. The summed E-state index contributed by atoms with van der Waals surface area (Å²) in [6.07, 6.45) is 5.77. The van der Waals surface area contributed by atoms with Gasteiger partial charge in [0.2, 0.25) is 0 Å². The molecule has 1 fully saturated rings. The average molecular weight is 311 g/mol. The van der Waals surface area contributed by atoms with E-state index >= 15 is 0 Å². The number of halogens is 1. The van der Waals surface area contributed by atoms with Crippen molar-refractivity contribution in [3.8, 4) is 0 Å². The minimum Gasteiger partial charge on any atom is -0.337 e. The highest BCUT2D eigenvalue weighted by Crippen LogP contribution is 2.22. The zero-order valence-corrected chi connectivity index (χ0v) is 13.4. The number of aromatic nitrogens is 4. The Morgan fingerprint density at radius 1 is 1.38 bits per heavy atom. The number of nitrogens with zero attached hydrogens (tertiary/aromatic N) is 5. The number of hydrogen-bond acceptors (Lipinski definition) is 4. The standard InChI is InChI=1S/C14H22N6.ClH/c1-3-20-12(4-5-17-20)11-19-9-6-15-10-13(19)14-16-7-8-18(14)2;/h4-5,7-8,13,15H,3,6,9-11H2,1-2H3;1H. The van der Waals surface area contributed by atoms with Gasteiger partial charge in [0.15, 0.2) is 0 Å². The van der Waals surface area contributed by atoms with E-state index in [1.54, 1.807) is 0 Å². The van der Waals surface area contributed by atoms with Crippen molar-refractivity contribution in [1.29, 1.82) is 0 Å². The molecule has 1 atom stereocenters. The third-order valence-corrected chi connectivity index (χ3v) is 3.98. The average Bonchev–Trinajstić information content (AvgIpc) is 3.08. The first-order chi connectivity index (χ1) is 9.79. The van der Waals surface area contributed by atoms with Crippen molar-refractivity contribution in [2.75, 3.05) is 19.6 Å². The highest BCUT2D eigenvalue weighted by atomic mass is 35.5. The smallest absolute Gasteiger partial charge is 0.127 e. The van der Waals surface area contributed by atoms with Crippen molar-refractivity contribution < 1.29 is 0 Å².